The molecule has 1 aliphatic heterocycles. The number of anilines is 1. The Balaban J connectivity index is 1.56. The summed E-state index contributed by atoms with van der Waals surface area (Å²) in [5.41, 5.74) is 7.46. The lowest BCUT2D eigenvalue weighted by molar-refractivity contribution is -0.115. The molecule has 2 heterocycles. The summed E-state index contributed by atoms with van der Waals surface area (Å²) in [4.78, 5) is 24.9. The van der Waals surface area contributed by atoms with Crippen molar-refractivity contribution in [2.24, 2.45) is 0 Å². The van der Waals surface area contributed by atoms with Gasteiger partial charge in [-0.05, 0) is 61.2 Å². The Hall–Kier alpha value is -3.84. The van der Waals surface area contributed by atoms with Gasteiger partial charge in [0.2, 0.25) is 5.91 Å². The number of nitrogens with one attached hydrogen (secondary N) is 1. The summed E-state index contributed by atoms with van der Waals surface area (Å²) in [5, 5.41) is 7.69. The van der Waals surface area contributed by atoms with E-state index >= 15 is 0 Å². The quantitative estimate of drug-likeness (QED) is 0.345. The molecule has 4 aromatic rings. The zero-order valence-electron chi connectivity index (χ0n) is 20.6. The van der Waals surface area contributed by atoms with Gasteiger partial charge in [0.1, 0.15) is 5.82 Å². The summed E-state index contributed by atoms with van der Waals surface area (Å²) >= 11 is 1.62. The summed E-state index contributed by atoms with van der Waals surface area (Å²) < 4.78 is 6.72. The molecular formula is C29H27N3O3S. The van der Waals surface area contributed by atoms with Gasteiger partial charge in [0.25, 0.3) is 0 Å². The highest BCUT2D eigenvalue weighted by Crippen LogP contribution is 2.46. The molecule has 0 aliphatic carbocycles. The molecule has 0 spiro atoms. The van der Waals surface area contributed by atoms with Crippen LogP contribution in [0.25, 0.3) is 16.8 Å². The second-order valence-electron chi connectivity index (χ2n) is 8.89. The number of para-hydroxylation sites is 1. The average molecular weight is 498 g/mol. The van der Waals surface area contributed by atoms with Gasteiger partial charge in [-0.15, -0.1) is 11.8 Å². The van der Waals surface area contributed by atoms with Crippen molar-refractivity contribution in [3.63, 3.8) is 0 Å². The molecule has 1 aromatic heterocycles. The number of nitrogens with zero attached hydrogens (tertiary/aromatic N) is 2. The Morgan fingerprint density at radius 1 is 1.00 bits per heavy atom. The van der Waals surface area contributed by atoms with E-state index in [-0.39, 0.29) is 22.4 Å². The minimum atomic E-state index is -0.358. The lowest BCUT2D eigenvalue weighted by Gasteiger charge is -2.18. The molecule has 1 aliphatic rings. The molecule has 6 nitrogen and oxygen atoms in total. The van der Waals surface area contributed by atoms with E-state index in [2.05, 4.69) is 29.6 Å². The van der Waals surface area contributed by atoms with E-state index in [0.29, 0.717) is 5.56 Å². The lowest BCUT2D eigenvalue weighted by Crippen LogP contribution is -2.22. The first kappa shape index (κ1) is 23.9. The summed E-state index contributed by atoms with van der Waals surface area (Å²) in [5.74, 6) is 0.335. The highest BCUT2D eigenvalue weighted by atomic mass is 32.2. The Morgan fingerprint density at radius 2 is 1.75 bits per heavy atom. The van der Waals surface area contributed by atoms with Crippen molar-refractivity contribution in [1.29, 1.82) is 0 Å². The number of amides is 1. The molecule has 182 valence electrons. The van der Waals surface area contributed by atoms with Crippen LogP contribution in [0.4, 0.5) is 5.82 Å². The molecule has 0 fully saturated rings. The van der Waals surface area contributed by atoms with Crippen LogP contribution in [0, 0.1) is 13.8 Å². The zero-order chi connectivity index (χ0) is 25.4. The van der Waals surface area contributed by atoms with Crippen LogP contribution in [0.15, 0.2) is 72.8 Å². The van der Waals surface area contributed by atoms with Crippen LogP contribution >= 0.6 is 11.8 Å². The minimum absolute atomic E-state index is 0.0327. The van der Waals surface area contributed by atoms with Gasteiger partial charge >= 0.3 is 5.97 Å². The number of methoxy groups -OCH3 is 1. The molecule has 1 N–H and O–H groups in total. The van der Waals surface area contributed by atoms with Gasteiger partial charge in [0, 0.05) is 5.56 Å². The van der Waals surface area contributed by atoms with Crippen LogP contribution in [-0.2, 0) is 9.53 Å². The van der Waals surface area contributed by atoms with Gasteiger partial charge in [-0.25, -0.2) is 9.48 Å². The molecule has 0 saturated heterocycles. The summed E-state index contributed by atoms with van der Waals surface area (Å²) in [7, 11) is 1.38. The van der Waals surface area contributed by atoms with Crippen molar-refractivity contribution < 1.29 is 14.3 Å². The Labute approximate surface area is 214 Å². The monoisotopic (exact) mass is 497 g/mol. The number of aryl methyl sites for hydroxylation is 2. The minimum Gasteiger partial charge on any atom is -0.465 e. The first-order valence-electron chi connectivity index (χ1n) is 11.8. The van der Waals surface area contributed by atoms with E-state index in [0.717, 1.165) is 45.0 Å². The Bertz CT molecular complexity index is 1460. The highest BCUT2D eigenvalue weighted by molar-refractivity contribution is 8.01. The third-order valence-electron chi connectivity index (χ3n) is 6.49. The fourth-order valence-corrected chi connectivity index (χ4v) is 5.86. The number of hydrogen-bond donors (Lipinski definition) is 1. The molecule has 2 atom stereocenters. The van der Waals surface area contributed by atoms with Crippen LogP contribution in [-0.4, -0.2) is 34.0 Å². The Kier molecular flexibility index (Phi) is 6.41. The van der Waals surface area contributed by atoms with E-state index < -0.39 is 0 Å². The third kappa shape index (κ3) is 4.31. The van der Waals surface area contributed by atoms with Gasteiger partial charge in [-0.3, -0.25) is 4.79 Å². The largest absolute Gasteiger partial charge is 0.465 e. The number of aromatic nitrogens is 2. The Morgan fingerprint density at radius 3 is 2.47 bits per heavy atom. The van der Waals surface area contributed by atoms with E-state index in [9.17, 15) is 9.59 Å². The predicted molar refractivity (Wildman–Crippen MR) is 144 cm³/mol. The van der Waals surface area contributed by atoms with Crippen molar-refractivity contribution in [2.75, 3.05) is 12.4 Å². The number of hydrogen-bond acceptors (Lipinski definition) is 5. The number of thioether (sulfide) groups is 1. The topological polar surface area (TPSA) is 73.2 Å². The number of ether oxygens (including phenoxy) is 1. The number of esters is 1. The molecule has 0 radical (unpaired) electrons. The summed E-state index contributed by atoms with van der Waals surface area (Å²) in [6.07, 6.45) is 0. The van der Waals surface area contributed by atoms with Gasteiger partial charge < -0.3 is 10.1 Å². The number of fused-ring (bicyclic) bond motifs is 1. The highest BCUT2D eigenvalue weighted by Gasteiger charge is 2.34. The van der Waals surface area contributed by atoms with Crippen molar-refractivity contribution >= 4 is 29.5 Å². The van der Waals surface area contributed by atoms with E-state index in [4.69, 9.17) is 9.84 Å². The van der Waals surface area contributed by atoms with Crippen LogP contribution < -0.4 is 5.32 Å². The van der Waals surface area contributed by atoms with Crippen LogP contribution in [0.3, 0.4) is 0 Å². The first-order valence-corrected chi connectivity index (χ1v) is 12.7. The molecule has 3 aromatic carbocycles. The summed E-state index contributed by atoms with van der Waals surface area (Å²) in [6.45, 7) is 5.97. The smallest absolute Gasteiger partial charge is 0.337 e. The number of rotatable bonds is 4. The van der Waals surface area contributed by atoms with Crippen LogP contribution in [0.1, 0.15) is 44.9 Å². The zero-order valence-corrected chi connectivity index (χ0v) is 21.4. The van der Waals surface area contributed by atoms with E-state index in [1.807, 2.05) is 67.9 Å². The molecule has 0 unspecified atom stereocenters. The van der Waals surface area contributed by atoms with Crippen molar-refractivity contribution in [2.45, 2.75) is 31.3 Å². The second kappa shape index (κ2) is 9.66. The van der Waals surface area contributed by atoms with Crippen molar-refractivity contribution in [3.05, 3.63) is 101 Å². The molecule has 0 saturated carbocycles. The standard InChI is InChI=1S/C29H27N3O3S/c1-17-8-5-6-11-24(17)32-27-25(18(2)31-32)26(36-19(3)28(33)30-27)21-14-12-20(13-15-21)22-9-7-10-23(16-22)29(34)35-4/h5-16,19,26H,1-4H3,(H,30,33)/t19-,26+/m0/s1. The van der Waals surface area contributed by atoms with Crippen LogP contribution in [0.5, 0.6) is 0 Å². The molecule has 5 rings (SSSR count). The number of benzene rings is 3. The molecule has 1 amide bonds. The first-order chi connectivity index (χ1) is 17.4. The van der Waals surface area contributed by atoms with Gasteiger partial charge in [0.05, 0.1) is 34.6 Å². The summed E-state index contributed by atoms with van der Waals surface area (Å²) in [6, 6.07) is 23.7. The van der Waals surface area contributed by atoms with E-state index in [1.54, 1.807) is 17.8 Å². The van der Waals surface area contributed by atoms with Crippen molar-refractivity contribution in [1.82, 2.24) is 9.78 Å². The predicted octanol–water partition coefficient (Wildman–Crippen LogP) is 6.11. The maximum Gasteiger partial charge on any atom is 0.337 e. The maximum atomic E-state index is 13.0. The average Bonchev–Trinajstić information content (AvgIpc) is 3.14. The van der Waals surface area contributed by atoms with Gasteiger partial charge in [-0.1, -0.05) is 54.6 Å². The van der Waals surface area contributed by atoms with E-state index in [1.165, 1.54) is 7.11 Å². The fraction of sp³-hybridized carbons (Fsp3) is 0.207. The molecular weight excluding hydrogens is 470 g/mol. The fourth-order valence-electron chi connectivity index (χ4n) is 4.54. The third-order valence-corrected chi connectivity index (χ3v) is 7.90. The van der Waals surface area contributed by atoms with Gasteiger partial charge in [-0.2, -0.15) is 5.10 Å². The van der Waals surface area contributed by atoms with Crippen LogP contribution in [0.2, 0.25) is 0 Å². The SMILES string of the molecule is COC(=O)c1cccc(-c2ccc([C@H]3S[C@@H](C)C(=O)Nc4c3c(C)nn4-c3ccccc3C)cc2)c1. The number of carbonyl (C=O) groups is 2. The molecule has 7 heteroatoms. The van der Waals surface area contributed by atoms with Gasteiger partial charge in [0.15, 0.2) is 0 Å². The lowest BCUT2D eigenvalue weighted by atomic mass is 9.98. The molecule has 0 bridgehead atoms. The molecule has 36 heavy (non-hydrogen) atoms. The second-order valence-corrected chi connectivity index (χ2v) is 10.3. The van der Waals surface area contributed by atoms with Crippen molar-refractivity contribution in [3.8, 4) is 16.8 Å². The number of carbonyl (C=O) groups excluding carboxylic acids is 2. The maximum absolute atomic E-state index is 13.0. The normalized spacial score (nSPS) is 17.2.